The highest BCUT2D eigenvalue weighted by Gasteiger charge is 2.20. The molecular weight excluding hydrogens is 628 g/mol. The van der Waals surface area contributed by atoms with E-state index in [1.165, 1.54) is 128 Å². The third-order valence-electron chi connectivity index (χ3n) is 8.57. The van der Waals surface area contributed by atoms with Gasteiger partial charge >= 0.3 is 23.9 Å². The van der Waals surface area contributed by atoms with Crippen molar-refractivity contribution in [3.63, 3.8) is 0 Å². The number of unbranched alkanes of at least 4 members (excludes halogenated alkanes) is 24. The summed E-state index contributed by atoms with van der Waals surface area (Å²) in [6.07, 6.45) is 31.5. The van der Waals surface area contributed by atoms with Crippen molar-refractivity contribution in [2.45, 2.75) is 200 Å². The minimum absolute atomic E-state index is 0.150. The zero-order valence-electron chi connectivity index (χ0n) is 30.9. The maximum atomic E-state index is 12.3. The van der Waals surface area contributed by atoms with E-state index in [0.717, 1.165) is 50.3 Å². The normalized spacial score (nSPS) is 11.1. The Morgan fingerprint density at radius 3 is 1.08 bits per heavy atom. The van der Waals surface area contributed by atoms with Gasteiger partial charge in [0.15, 0.2) is 6.10 Å². The zero-order chi connectivity index (χ0) is 35.3. The molecule has 0 heterocycles. The summed E-state index contributed by atoms with van der Waals surface area (Å²) in [5, 5.41) is 8.80. The standard InChI is InChI=1S/C39H72O8S/c1-3-5-7-9-11-13-15-17-19-21-23-25-27-29-37(42)45-31-35(47-39(44)34-48-33-36(40)41)32-46-38(43)30-28-26-24-22-20-18-16-14-12-10-8-6-4-2/h35H,3-34H2,1-2H3,(H,40,41). The topological polar surface area (TPSA) is 116 Å². The maximum Gasteiger partial charge on any atom is 0.316 e. The van der Waals surface area contributed by atoms with Gasteiger partial charge < -0.3 is 19.3 Å². The second-order valence-corrected chi connectivity index (χ2v) is 14.3. The molecule has 282 valence electrons. The second kappa shape index (κ2) is 36.5. The molecule has 0 saturated heterocycles. The minimum Gasteiger partial charge on any atom is -0.481 e. The lowest BCUT2D eigenvalue weighted by atomic mass is 10.0. The van der Waals surface area contributed by atoms with Crippen LogP contribution in [-0.2, 0) is 33.4 Å². The molecule has 0 amide bonds. The number of hydrogen-bond donors (Lipinski definition) is 1. The molecule has 0 saturated carbocycles. The number of aliphatic carboxylic acids is 1. The fourth-order valence-corrected chi connectivity index (χ4v) is 6.16. The van der Waals surface area contributed by atoms with Crippen molar-refractivity contribution in [3.05, 3.63) is 0 Å². The van der Waals surface area contributed by atoms with Crippen LogP contribution in [0.25, 0.3) is 0 Å². The van der Waals surface area contributed by atoms with Crippen LogP contribution in [0.3, 0.4) is 0 Å². The highest BCUT2D eigenvalue weighted by molar-refractivity contribution is 8.00. The first-order chi connectivity index (χ1) is 23.4. The molecule has 0 aromatic rings. The van der Waals surface area contributed by atoms with Gasteiger partial charge in [-0.05, 0) is 12.8 Å². The molecular formula is C39H72O8S. The molecule has 0 aromatic heterocycles. The number of carbonyl (C=O) groups excluding carboxylic acids is 3. The van der Waals surface area contributed by atoms with Gasteiger partial charge in [0.05, 0.1) is 11.5 Å². The van der Waals surface area contributed by atoms with Crippen molar-refractivity contribution < 1.29 is 38.5 Å². The van der Waals surface area contributed by atoms with Crippen LogP contribution in [0.5, 0.6) is 0 Å². The molecule has 0 atom stereocenters. The maximum absolute atomic E-state index is 12.3. The van der Waals surface area contributed by atoms with Gasteiger partial charge in [-0.25, -0.2) is 0 Å². The van der Waals surface area contributed by atoms with E-state index in [1.54, 1.807) is 0 Å². The molecule has 0 radical (unpaired) electrons. The van der Waals surface area contributed by atoms with Gasteiger partial charge in [-0.3, -0.25) is 19.2 Å². The van der Waals surface area contributed by atoms with Crippen LogP contribution in [0.2, 0.25) is 0 Å². The van der Waals surface area contributed by atoms with Crippen LogP contribution in [0, 0.1) is 0 Å². The quantitative estimate of drug-likeness (QED) is 0.0384. The molecule has 0 aliphatic heterocycles. The third-order valence-corrected chi connectivity index (χ3v) is 9.46. The molecule has 0 bridgehead atoms. The number of hydrogen-bond acceptors (Lipinski definition) is 8. The predicted molar refractivity (Wildman–Crippen MR) is 197 cm³/mol. The predicted octanol–water partition coefficient (Wildman–Crippen LogP) is 10.8. The molecule has 9 heteroatoms. The lowest BCUT2D eigenvalue weighted by Gasteiger charge is -2.18. The van der Waals surface area contributed by atoms with Crippen LogP contribution in [0.1, 0.15) is 194 Å². The summed E-state index contributed by atoms with van der Waals surface area (Å²) in [5.41, 5.74) is 0. The molecule has 0 unspecified atom stereocenters. The lowest BCUT2D eigenvalue weighted by Crippen LogP contribution is -2.31. The van der Waals surface area contributed by atoms with E-state index in [1.807, 2.05) is 0 Å². The molecule has 0 aliphatic rings. The molecule has 0 spiro atoms. The number of carboxylic acids is 1. The highest BCUT2D eigenvalue weighted by atomic mass is 32.2. The fraction of sp³-hybridized carbons (Fsp3) is 0.897. The summed E-state index contributed by atoms with van der Waals surface area (Å²) in [7, 11) is 0. The Labute approximate surface area is 298 Å². The molecule has 8 nitrogen and oxygen atoms in total. The van der Waals surface area contributed by atoms with Crippen molar-refractivity contribution in [3.8, 4) is 0 Å². The largest absolute Gasteiger partial charge is 0.481 e. The Balaban J connectivity index is 4.13. The van der Waals surface area contributed by atoms with E-state index < -0.39 is 18.0 Å². The van der Waals surface area contributed by atoms with E-state index in [9.17, 15) is 19.2 Å². The van der Waals surface area contributed by atoms with E-state index in [0.29, 0.717) is 12.8 Å². The van der Waals surface area contributed by atoms with Crippen LogP contribution >= 0.6 is 11.8 Å². The van der Waals surface area contributed by atoms with E-state index >= 15 is 0 Å². The average molecular weight is 701 g/mol. The summed E-state index contributed by atoms with van der Waals surface area (Å²) in [4.78, 5) is 47.6. The van der Waals surface area contributed by atoms with Crippen molar-refractivity contribution in [1.29, 1.82) is 0 Å². The first kappa shape index (κ1) is 46.2. The van der Waals surface area contributed by atoms with Crippen LogP contribution < -0.4 is 0 Å². The summed E-state index contributed by atoms with van der Waals surface area (Å²) in [6, 6.07) is 0. The summed E-state index contributed by atoms with van der Waals surface area (Å²) >= 11 is 0.923. The Hall–Kier alpha value is -1.77. The summed E-state index contributed by atoms with van der Waals surface area (Å²) in [6.45, 7) is 4.10. The molecule has 0 fully saturated rings. The SMILES string of the molecule is CCCCCCCCCCCCCCCC(=O)OCC(COC(=O)CCCCCCCCCCCCCCC)OC(=O)CSCC(=O)O. The number of carbonyl (C=O) groups is 4. The van der Waals surface area contributed by atoms with Crippen LogP contribution in [-0.4, -0.2) is 59.8 Å². The minimum atomic E-state index is -1.02. The van der Waals surface area contributed by atoms with Gasteiger partial charge in [-0.1, -0.05) is 168 Å². The number of esters is 3. The molecule has 0 aromatic carbocycles. The van der Waals surface area contributed by atoms with Gasteiger partial charge in [-0.2, -0.15) is 0 Å². The number of carboxylic acid groups (broad SMARTS) is 1. The van der Waals surface area contributed by atoms with Crippen molar-refractivity contribution in [2.75, 3.05) is 24.7 Å². The van der Waals surface area contributed by atoms with Gasteiger partial charge in [0.2, 0.25) is 0 Å². The summed E-state index contributed by atoms with van der Waals surface area (Å²) in [5.74, 6) is -2.75. The van der Waals surface area contributed by atoms with Crippen LogP contribution in [0.4, 0.5) is 0 Å². The first-order valence-corrected chi connectivity index (χ1v) is 20.8. The van der Waals surface area contributed by atoms with E-state index in [2.05, 4.69) is 13.8 Å². The van der Waals surface area contributed by atoms with Crippen molar-refractivity contribution >= 4 is 35.6 Å². The first-order valence-electron chi connectivity index (χ1n) is 19.7. The molecule has 0 rings (SSSR count). The third kappa shape index (κ3) is 35.5. The zero-order valence-corrected chi connectivity index (χ0v) is 31.7. The molecule has 48 heavy (non-hydrogen) atoms. The van der Waals surface area contributed by atoms with Crippen molar-refractivity contribution in [2.24, 2.45) is 0 Å². The van der Waals surface area contributed by atoms with Gasteiger partial charge in [0.1, 0.15) is 13.2 Å². The monoisotopic (exact) mass is 700 g/mol. The molecule has 0 aliphatic carbocycles. The highest BCUT2D eigenvalue weighted by Crippen LogP contribution is 2.15. The Kier molecular flexibility index (Phi) is 35.2. The van der Waals surface area contributed by atoms with E-state index in [-0.39, 0.29) is 36.7 Å². The number of ether oxygens (including phenoxy) is 3. The summed E-state index contributed by atoms with van der Waals surface area (Å²) < 4.78 is 16.1. The number of rotatable bonds is 37. The van der Waals surface area contributed by atoms with Crippen molar-refractivity contribution in [1.82, 2.24) is 0 Å². The average Bonchev–Trinajstić information content (AvgIpc) is 3.06. The van der Waals surface area contributed by atoms with E-state index in [4.69, 9.17) is 19.3 Å². The van der Waals surface area contributed by atoms with Gasteiger partial charge in [0, 0.05) is 12.8 Å². The van der Waals surface area contributed by atoms with Crippen LogP contribution in [0.15, 0.2) is 0 Å². The van der Waals surface area contributed by atoms with Gasteiger partial charge in [0.25, 0.3) is 0 Å². The Bertz CT molecular complexity index is 729. The number of thioether (sulfide) groups is 1. The Morgan fingerprint density at radius 1 is 0.458 bits per heavy atom. The van der Waals surface area contributed by atoms with Gasteiger partial charge in [-0.15, -0.1) is 11.8 Å². The Morgan fingerprint density at radius 2 is 0.771 bits per heavy atom. The fourth-order valence-electron chi connectivity index (χ4n) is 5.65. The molecule has 1 N–H and O–H groups in total. The second-order valence-electron chi connectivity index (χ2n) is 13.3. The lowest BCUT2D eigenvalue weighted by molar-refractivity contribution is -0.165. The smallest absolute Gasteiger partial charge is 0.316 e.